The lowest BCUT2D eigenvalue weighted by Gasteiger charge is -2.30. The van der Waals surface area contributed by atoms with E-state index in [-0.39, 0.29) is 17.5 Å². The first kappa shape index (κ1) is 15.9. The van der Waals surface area contributed by atoms with Crippen LogP contribution in [-0.4, -0.2) is 56.5 Å². The number of likely N-dealkylation sites (tertiary alicyclic amines) is 1. The van der Waals surface area contributed by atoms with Crippen molar-refractivity contribution in [1.29, 1.82) is 0 Å². The second-order valence-electron chi connectivity index (χ2n) is 5.53. The highest BCUT2D eigenvalue weighted by Crippen LogP contribution is 2.09. The third kappa shape index (κ3) is 6.16. The molecule has 1 saturated heterocycles. The topological polar surface area (TPSA) is 49.4 Å². The standard InChI is InChI=1S/C13H28N2O2S/c1-4-18(16,17)11-13(3)14-12(2)10-15-8-6-5-7-9-15/h12-14H,4-11H2,1-3H3. The number of nitrogens with one attached hydrogen (secondary N) is 1. The molecule has 1 fully saturated rings. The fourth-order valence-corrected chi connectivity index (χ4v) is 3.71. The van der Waals surface area contributed by atoms with Crippen molar-refractivity contribution < 1.29 is 8.42 Å². The van der Waals surface area contributed by atoms with Gasteiger partial charge in [-0.05, 0) is 39.8 Å². The van der Waals surface area contributed by atoms with Crippen molar-refractivity contribution in [2.75, 3.05) is 31.1 Å². The Kier molecular flexibility index (Phi) is 6.60. The summed E-state index contributed by atoms with van der Waals surface area (Å²) < 4.78 is 23.1. The molecule has 0 spiro atoms. The maximum Gasteiger partial charge on any atom is 0.151 e. The number of sulfone groups is 1. The van der Waals surface area contributed by atoms with Gasteiger partial charge < -0.3 is 10.2 Å². The van der Waals surface area contributed by atoms with Gasteiger partial charge in [-0.2, -0.15) is 0 Å². The van der Waals surface area contributed by atoms with E-state index in [9.17, 15) is 8.42 Å². The van der Waals surface area contributed by atoms with E-state index in [1.165, 1.54) is 32.4 Å². The van der Waals surface area contributed by atoms with Crippen LogP contribution >= 0.6 is 0 Å². The van der Waals surface area contributed by atoms with E-state index < -0.39 is 9.84 Å². The van der Waals surface area contributed by atoms with E-state index >= 15 is 0 Å². The van der Waals surface area contributed by atoms with Crippen molar-refractivity contribution in [2.45, 2.75) is 52.1 Å². The molecule has 0 amide bonds. The fraction of sp³-hybridized carbons (Fsp3) is 1.00. The molecule has 1 N–H and O–H groups in total. The monoisotopic (exact) mass is 276 g/mol. The Hall–Kier alpha value is -0.130. The first-order valence-corrected chi connectivity index (χ1v) is 8.94. The molecular weight excluding hydrogens is 248 g/mol. The normalized spacial score (nSPS) is 21.7. The molecule has 1 aliphatic rings. The van der Waals surface area contributed by atoms with Crippen LogP contribution in [0.3, 0.4) is 0 Å². The lowest BCUT2D eigenvalue weighted by Crippen LogP contribution is -2.46. The van der Waals surface area contributed by atoms with E-state index in [2.05, 4.69) is 17.1 Å². The Bertz CT molecular complexity index is 324. The van der Waals surface area contributed by atoms with Gasteiger partial charge >= 0.3 is 0 Å². The third-order valence-electron chi connectivity index (χ3n) is 3.49. The highest BCUT2D eigenvalue weighted by atomic mass is 32.2. The Morgan fingerprint density at radius 2 is 1.72 bits per heavy atom. The molecule has 0 aromatic heterocycles. The predicted octanol–water partition coefficient (Wildman–Crippen LogP) is 1.27. The number of rotatable bonds is 7. The summed E-state index contributed by atoms with van der Waals surface area (Å²) in [5.41, 5.74) is 0. The van der Waals surface area contributed by atoms with E-state index in [0.717, 1.165) is 6.54 Å². The second-order valence-corrected chi connectivity index (χ2v) is 7.93. The van der Waals surface area contributed by atoms with E-state index in [1.54, 1.807) is 6.92 Å². The molecule has 0 aromatic carbocycles. The van der Waals surface area contributed by atoms with E-state index in [4.69, 9.17) is 0 Å². The molecule has 0 bridgehead atoms. The zero-order valence-corrected chi connectivity index (χ0v) is 12.8. The van der Waals surface area contributed by atoms with Crippen molar-refractivity contribution in [3.05, 3.63) is 0 Å². The predicted molar refractivity (Wildman–Crippen MR) is 76.7 cm³/mol. The zero-order chi connectivity index (χ0) is 13.6. The van der Waals surface area contributed by atoms with Gasteiger partial charge in [0.05, 0.1) is 5.75 Å². The van der Waals surface area contributed by atoms with Crippen LogP contribution in [-0.2, 0) is 9.84 Å². The number of hydrogen-bond donors (Lipinski definition) is 1. The summed E-state index contributed by atoms with van der Waals surface area (Å²) in [6.45, 7) is 9.21. The van der Waals surface area contributed by atoms with Gasteiger partial charge in [-0.15, -0.1) is 0 Å². The molecular formula is C13H28N2O2S. The van der Waals surface area contributed by atoms with Gasteiger partial charge in [-0.25, -0.2) is 8.42 Å². The lowest BCUT2D eigenvalue weighted by molar-refractivity contribution is 0.206. The van der Waals surface area contributed by atoms with Crippen LogP contribution in [0.15, 0.2) is 0 Å². The SMILES string of the molecule is CCS(=O)(=O)CC(C)NC(C)CN1CCCCC1. The Balaban J connectivity index is 2.28. The molecule has 1 aliphatic heterocycles. The maximum absolute atomic E-state index is 11.5. The number of hydrogen-bond acceptors (Lipinski definition) is 4. The van der Waals surface area contributed by atoms with Crippen molar-refractivity contribution in [3.63, 3.8) is 0 Å². The van der Waals surface area contributed by atoms with Crippen LogP contribution in [0, 0.1) is 0 Å². The summed E-state index contributed by atoms with van der Waals surface area (Å²) in [4.78, 5) is 2.47. The van der Waals surface area contributed by atoms with Gasteiger partial charge in [-0.3, -0.25) is 0 Å². The van der Waals surface area contributed by atoms with Gasteiger partial charge in [-0.1, -0.05) is 13.3 Å². The molecule has 5 heteroatoms. The minimum absolute atomic E-state index is 0.0368. The molecule has 0 saturated carbocycles. The van der Waals surface area contributed by atoms with E-state index in [1.807, 2.05) is 6.92 Å². The Morgan fingerprint density at radius 3 is 2.28 bits per heavy atom. The van der Waals surface area contributed by atoms with Crippen molar-refractivity contribution >= 4 is 9.84 Å². The molecule has 1 rings (SSSR count). The molecule has 0 radical (unpaired) electrons. The Labute approximate surface area is 112 Å². The van der Waals surface area contributed by atoms with Gasteiger partial charge in [0, 0.05) is 24.4 Å². The summed E-state index contributed by atoms with van der Waals surface area (Å²) in [5.74, 6) is 0.480. The average Bonchev–Trinajstić information content (AvgIpc) is 2.29. The van der Waals surface area contributed by atoms with Gasteiger partial charge in [0.1, 0.15) is 0 Å². The summed E-state index contributed by atoms with van der Waals surface area (Å²) in [7, 11) is -2.87. The molecule has 108 valence electrons. The summed E-state index contributed by atoms with van der Waals surface area (Å²) in [6.07, 6.45) is 3.95. The number of piperidine rings is 1. The molecule has 4 nitrogen and oxygen atoms in total. The highest BCUT2D eigenvalue weighted by Gasteiger charge is 2.17. The smallest absolute Gasteiger partial charge is 0.151 e. The molecule has 2 unspecified atom stereocenters. The minimum Gasteiger partial charge on any atom is -0.309 e. The van der Waals surface area contributed by atoms with Crippen LogP contribution in [0.1, 0.15) is 40.0 Å². The van der Waals surface area contributed by atoms with Crippen molar-refractivity contribution in [2.24, 2.45) is 0 Å². The summed E-state index contributed by atoms with van der Waals surface area (Å²) >= 11 is 0. The molecule has 1 heterocycles. The van der Waals surface area contributed by atoms with Gasteiger partial charge in [0.15, 0.2) is 9.84 Å². The molecule has 2 atom stereocenters. The third-order valence-corrected chi connectivity index (χ3v) is 5.38. The molecule has 18 heavy (non-hydrogen) atoms. The molecule has 0 aliphatic carbocycles. The van der Waals surface area contributed by atoms with Crippen LogP contribution in [0.5, 0.6) is 0 Å². The average molecular weight is 276 g/mol. The first-order valence-electron chi connectivity index (χ1n) is 7.12. The van der Waals surface area contributed by atoms with Crippen LogP contribution in [0.2, 0.25) is 0 Å². The number of nitrogens with zero attached hydrogens (tertiary/aromatic N) is 1. The van der Waals surface area contributed by atoms with Crippen molar-refractivity contribution in [1.82, 2.24) is 10.2 Å². The van der Waals surface area contributed by atoms with Gasteiger partial charge in [0.2, 0.25) is 0 Å². The summed E-state index contributed by atoms with van der Waals surface area (Å²) in [5, 5.41) is 3.40. The largest absolute Gasteiger partial charge is 0.309 e. The maximum atomic E-state index is 11.5. The van der Waals surface area contributed by atoms with Crippen LogP contribution in [0.4, 0.5) is 0 Å². The summed E-state index contributed by atoms with van der Waals surface area (Å²) in [6, 6.07) is 0.389. The van der Waals surface area contributed by atoms with Crippen LogP contribution in [0.25, 0.3) is 0 Å². The lowest BCUT2D eigenvalue weighted by atomic mass is 10.1. The van der Waals surface area contributed by atoms with Crippen LogP contribution < -0.4 is 5.32 Å². The fourth-order valence-electron chi connectivity index (χ4n) is 2.61. The highest BCUT2D eigenvalue weighted by molar-refractivity contribution is 7.91. The first-order chi connectivity index (χ1) is 8.43. The quantitative estimate of drug-likeness (QED) is 0.761. The second kappa shape index (κ2) is 7.46. The van der Waals surface area contributed by atoms with Gasteiger partial charge in [0.25, 0.3) is 0 Å². The zero-order valence-electron chi connectivity index (χ0n) is 12.0. The van der Waals surface area contributed by atoms with E-state index in [0.29, 0.717) is 6.04 Å². The molecule has 0 aromatic rings. The minimum atomic E-state index is -2.87. The van der Waals surface area contributed by atoms with Crippen molar-refractivity contribution in [3.8, 4) is 0 Å². The Morgan fingerprint density at radius 1 is 1.11 bits per heavy atom.